The maximum atomic E-state index is 6.58. The van der Waals surface area contributed by atoms with Crippen LogP contribution in [0.1, 0.15) is 41.9 Å². The van der Waals surface area contributed by atoms with Gasteiger partial charge in [-0.2, -0.15) is 0 Å². The summed E-state index contributed by atoms with van der Waals surface area (Å²) in [6, 6.07) is 23.4. The zero-order chi connectivity index (χ0) is 29.7. The van der Waals surface area contributed by atoms with Gasteiger partial charge in [0.2, 0.25) is 0 Å². The second-order valence-corrected chi connectivity index (χ2v) is 12.2. The molecular formula is C35H46N2O5S. The van der Waals surface area contributed by atoms with Gasteiger partial charge in [0, 0.05) is 61.9 Å². The fourth-order valence-corrected chi connectivity index (χ4v) is 6.83. The van der Waals surface area contributed by atoms with Gasteiger partial charge < -0.3 is 33.9 Å². The van der Waals surface area contributed by atoms with Crippen molar-refractivity contribution in [1.29, 1.82) is 0 Å². The third kappa shape index (κ3) is 9.13. The van der Waals surface area contributed by atoms with Crippen LogP contribution in [0.4, 0.5) is 5.69 Å². The smallest absolute Gasteiger partial charge is 0.124 e. The first-order valence-electron chi connectivity index (χ1n) is 15.5. The van der Waals surface area contributed by atoms with E-state index in [0.717, 1.165) is 74.9 Å². The molecule has 3 aromatic carbocycles. The number of hydrogen-bond donors (Lipinski definition) is 1. The highest BCUT2D eigenvalue weighted by molar-refractivity contribution is 7.99. The zero-order valence-corrected chi connectivity index (χ0v) is 26.4. The quantitative estimate of drug-likeness (QED) is 0.191. The van der Waals surface area contributed by atoms with Gasteiger partial charge in [-0.1, -0.05) is 36.4 Å². The minimum atomic E-state index is 0.129. The van der Waals surface area contributed by atoms with Crippen LogP contribution in [0.15, 0.2) is 71.6 Å². The van der Waals surface area contributed by atoms with Crippen molar-refractivity contribution in [3.8, 4) is 11.5 Å². The number of nitrogens with zero attached hydrogens (tertiary/aromatic N) is 1. The zero-order valence-electron chi connectivity index (χ0n) is 25.6. The number of hydrogen-bond acceptors (Lipinski definition) is 8. The molecule has 7 nitrogen and oxygen atoms in total. The summed E-state index contributed by atoms with van der Waals surface area (Å²) >= 11 is 1.95. The number of rotatable bonds is 16. The van der Waals surface area contributed by atoms with Gasteiger partial charge in [0.15, 0.2) is 0 Å². The summed E-state index contributed by atoms with van der Waals surface area (Å²) in [5.41, 5.74) is 4.94. The topological polar surface area (TPSA) is 61.4 Å². The van der Waals surface area contributed by atoms with Gasteiger partial charge in [0.05, 0.1) is 45.3 Å². The number of anilines is 1. The van der Waals surface area contributed by atoms with E-state index in [4.69, 9.17) is 23.7 Å². The second-order valence-electron chi connectivity index (χ2n) is 11.1. The van der Waals surface area contributed by atoms with Crippen LogP contribution in [-0.4, -0.2) is 72.1 Å². The van der Waals surface area contributed by atoms with E-state index in [2.05, 4.69) is 52.7 Å². The lowest BCUT2D eigenvalue weighted by Gasteiger charge is -2.33. The minimum Gasteiger partial charge on any atom is -0.496 e. The standard InChI is InChI=1S/C35H46N2O5S/c1-38-19-5-17-37-18-22-43-35-14-9-27(23-32(35)37)25-42-34-24-36-16-15-31(34)28-10-12-30(13-11-28)41-21-6-20-40-26-29-7-3-4-8-33(29)39-2/h3-4,7-14,23,31,34,36H,5-6,15-22,24-26H2,1-2H3. The SMILES string of the molecule is COCCCN1CCSc2ccc(COC3CNCCC3c3ccc(OCCCOCc4ccccc4OC)cc3)cc21. The molecule has 0 saturated carbocycles. The Hall–Kier alpha value is -2.75. The van der Waals surface area contributed by atoms with E-state index in [1.165, 1.54) is 21.7 Å². The number of nitrogens with one attached hydrogen (secondary N) is 1. The van der Waals surface area contributed by atoms with Crippen molar-refractivity contribution in [1.82, 2.24) is 5.32 Å². The van der Waals surface area contributed by atoms with Gasteiger partial charge in [0.1, 0.15) is 11.5 Å². The molecule has 0 aliphatic carbocycles. The number of benzene rings is 3. The first-order valence-corrected chi connectivity index (χ1v) is 16.5. The van der Waals surface area contributed by atoms with Gasteiger partial charge in [-0.25, -0.2) is 0 Å². The van der Waals surface area contributed by atoms with E-state index >= 15 is 0 Å². The molecule has 0 bridgehead atoms. The van der Waals surface area contributed by atoms with Gasteiger partial charge in [-0.3, -0.25) is 0 Å². The van der Waals surface area contributed by atoms with Crippen molar-refractivity contribution in [2.24, 2.45) is 0 Å². The molecule has 2 atom stereocenters. The first kappa shape index (κ1) is 31.7. The fourth-order valence-electron chi connectivity index (χ4n) is 5.80. The van der Waals surface area contributed by atoms with Crippen LogP contribution in [0.3, 0.4) is 0 Å². The molecule has 1 fully saturated rings. The highest BCUT2D eigenvalue weighted by Gasteiger charge is 2.27. The van der Waals surface area contributed by atoms with Crippen molar-refractivity contribution in [3.63, 3.8) is 0 Å². The van der Waals surface area contributed by atoms with Crippen molar-refractivity contribution in [2.75, 3.05) is 70.9 Å². The van der Waals surface area contributed by atoms with E-state index in [1.807, 2.05) is 36.0 Å². The summed E-state index contributed by atoms with van der Waals surface area (Å²) in [6.45, 7) is 7.18. The Morgan fingerprint density at radius 3 is 2.67 bits per heavy atom. The molecule has 2 heterocycles. The highest BCUT2D eigenvalue weighted by atomic mass is 32.2. The Morgan fingerprint density at radius 1 is 0.930 bits per heavy atom. The number of para-hydroxylation sites is 1. The van der Waals surface area contributed by atoms with E-state index in [9.17, 15) is 0 Å². The maximum absolute atomic E-state index is 6.58. The van der Waals surface area contributed by atoms with E-state index in [1.54, 1.807) is 14.2 Å². The number of ether oxygens (including phenoxy) is 5. The molecule has 2 unspecified atom stereocenters. The fraction of sp³-hybridized carbons (Fsp3) is 0.486. The summed E-state index contributed by atoms with van der Waals surface area (Å²) < 4.78 is 29.1. The van der Waals surface area contributed by atoms with Crippen molar-refractivity contribution in [2.45, 2.75) is 49.4 Å². The minimum absolute atomic E-state index is 0.129. The molecule has 0 aromatic heterocycles. The number of fused-ring (bicyclic) bond motifs is 1. The molecule has 0 spiro atoms. The molecule has 8 heteroatoms. The van der Waals surface area contributed by atoms with Crippen LogP contribution >= 0.6 is 11.8 Å². The Balaban J connectivity index is 1.08. The number of methoxy groups -OCH3 is 2. The first-order chi connectivity index (χ1) is 21.2. The van der Waals surface area contributed by atoms with Crippen LogP contribution in [0, 0.1) is 0 Å². The highest BCUT2D eigenvalue weighted by Crippen LogP contribution is 2.36. The Kier molecular flexibility index (Phi) is 12.5. The van der Waals surface area contributed by atoms with Gasteiger partial charge >= 0.3 is 0 Å². The number of thioether (sulfide) groups is 1. The molecular weight excluding hydrogens is 560 g/mol. The van der Waals surface area contributed by atoms with Crippen LogP contribution in [0.2, 0.25) is 0 Å². The normalized spacial score (nSPS) is 18.3. The van der Waals surface area contributed by atoms with Crippen molar-refractivity contribution in [3.05, 3.63) is 83.4 Å². The maximum Gasteiger partial charge on any atom is 0.124 e. The van der Waals surface area contributed by atoms with Gasteiger partial charge in [-0.15, -0.1) is 11.8 Å². The molecule has 43 heavy (non-hydrogen) atoms. The lowest BCUT2D eigenvalue weighted by atomic mass is 9.87. The lowest BCUT2D eigenvalue weighted by Crippen LogP contribution is -2.41. The van der Waals surface area contributed by atoms with Crippen LogP contribution < -0.4 is 19.7 Å². The summed E-state index contributed by atoms with van der Waals surface area (Å²) in [4.78, 5) is 3.87. The molecule has 0 amide bonds. The van der Waals surface area contributed by atoms with Crippen LogP contribution in [0.5, 0.6) is 11.5 Å². The Bertz CT molecular complexity index is 1260. The molecule has 2 aliphatic rings. The average molecular weight is 607 g/mol. The third-order valence-corrected chi connectivity index (χ3v) is 9.15. The summed E-state index contributed by atoms with van der Waals surface area (Å²) in [6.07, 6.45) is 3.06. The van der Waals surface area contributed by atoms with Crippen molar-refractivity contribution >= 4 is 17.4 Å². The van der Waals surface area contributed by atoms with Crippen LogP contribution in [0.25, 0.3) is 0 Å². The Morgan fingerprint density at radius 2 is 1.81 bits per heavy atom. The molecule has 3 aromatic rings. The monoisotopic (exact) mass is 606 g/mol. The Labute approximate surface area is 261 Å². The summed E-state index contributed by atoms with van der Waals surface area (Å²) in [5, 5.41) is 3.54. The van der Waals surface area contributed by atoms with Crippen LogP contribution in [-0.2, 0) is 27.4 Å². The molecule has 1 saturated heterocycles. The molecule has 0 radical (unpaired) electrons. The third-order valence-electron chi connectivity index (χ3n) is 8.11. The van der Waals surface area contributed by atoms with Gasteiger partial charge in [-0.05, 0) is 60.8 Å². The largest absolute Gasteiger partial charge is 0.496 e. The van der Waals surface area contributed by atoms with E-state index in [-0.39, 0.29) is 6.10 Å². The summed E-state index contributed by atoms with van der Waals surface area (Å²) in [5.74, 6) is 3.24. The molecule has 2 aliphatic heterocycles. The van der Waals surface area contributed by atoms with E-state index in [0.29, 0.717) is 32.3 Å². The number of piperidine rings is 1. The predicted octanol–water partition coefficient (Wildman–Crippen LogP) is 6.29. The average Bonchev–Trinajstić information content (AvgIpc) is 3.06. The molecule has 1 N–H and O–H groups in total. The predicted molar refractivity (Wildman–Crippen MR) is 174 cm³/mol. The second kappa shape index (κ2) is 16.9. The van der Waals surface area contributed by atoms with Gasteiger partial charge in [0.25, 0.3) is 0 Å². The molecule has 5 rings (SSSR count). The lowest BCUT2D eigenvalue weighted by molar-refractivity contribution is 0.0106. The molecule has 232 valence electrons. The summed E-state index contributed by atoms with van der Waals surface area (Å²) in [7, 11) is 3.46. The van der Waals surface area contributed by atoms with Crippen molar-refractivity contribution < 1.29 is 23.7 Å². The van der Waals surface area contributed by atoms with E-state index < -0.39 is 0 Å².